The van der Waals surface area contributed by atoms with Crippen molar-refractivity contribution in [3.63, 3.8) is 0 Å². The average molecular weight is 330 g/mol. The van der Waals surface area contributed by atoms with Crippen LogP contribution >= 0.6 is 0 Å². The van der Waals surface area contributed by atoms with Crippen LogP contribution in [0.3, 0.4) is 0 Å². The summed E-state index contributed by atoms with van der Waals surface area (Å²) in [6, 6.07) is 18.0. The Morgan fingerprint density at radius 3 is 2.22 bits per heavy atom. The molecule has 0 aromatic heterocycles. The minimum Gasteiger partial charge on any atom is -0.325 e. The molecule has 1 N–H and O–H groups in total. The molecule has 0 aliphatic carbocycles. The molecule has 0 saturated carbocycles. The second kappa shape index (κ2) is 7.71. The van der Waals surface area contributed by atoms with Crippen molar-refractivity contribution < 1.29 is 13.2 Å². The molecule has 0 aliphatic heterocycles. The quantitative estimate of drug-likeness (QED) is 0.885. The Balaban J connectivity index is 1.97. The van der Waals surface area contributed by atoms with Gasteiger partial charge < -0.3 is 5.32 Å². The number of nitrogens with zero attached hydrogens (tertiary/aromatic N) is 1. The molecule has 0 spiro atoms. The van der Waals surface area contributed by atoms with Gasteiger partial charge in [0.15, 0.2) is 0 Å². The molecule has 2 aromatic rings. The lowest BCUT2D eigenvalue weighted by atomic mass is 10.2. The maximum absolute atomic E-state index is 12.2. The van der Waals surface area contributed by atoms with E-state index in [0.29, 0.717) is 5.69 Å². The van der Waals surface area contributed by atoms with Crippen LogP contribution in [0, 0.1) is 0 Å². The zero-order valence-corrected chi connectivity index (χ0v) is 13.5. The van der Waals surface area contributed by atoms with Crippen molar-refractivity contribution in [2.24, 2.45) is 0 Å². The first-order valence-electron chi connectivity index (χ1n) is 7.02. The highest BCUT2D eigenvalue weighted by Crippen LogP contribution is 2.08. The summed E-state index contributed by atoms with van der Waals surface area (Å²) in [7, 11) is -2.28. The number of carbonyl (C=O) groups is 1. The number of hydrogen-bond donors (Lipinski definition) is 1. The van der Waals surface area contributed by atoms with E-state index in [2.05, 4.69) is 5.32 Å². The highest BCUT2D eigenvalue weighted by atomic mass is 32.2. The fourth-order valence-electron chi connectivity index (χ4n) is 1.85. The van der Waals surface area contributed by atoms with Crippen LogP contribution in [-0.4, -0.2) is 32.2 Å². The van der Waals surface area contributed by atoms with Crippen LogP contribution in [0.2, 0.25) is 0 Å². The van der Waals surface area contributed by atoms with Gasteiger partial charge in [-0.1, -0.05) is 48.5 Å². The van der Waals surface area contributed by atoms with E-state index in [1.165, 1.54) is 13.1 Å². The minimum atomic E-state index is -3.65. The molecule has 0 fully saturated rings. The van der Waals surface area contributed by atoms with Gasteiger partial charge in [-0.05, 0) is 23.8 Å². The second-order valence-electron chi connectivity index (χ2n) is 4.93. The lowest BCUT2D eigenvalue weighted by Crippen LogP contribution is -2.33. The molecule has 0 atom stereocenters. The van der Waals surface area contributed by atoms with Crippen LogP contribution in [0.1, 0.15) is 5.56 Å². The molecule has 1 amide bonds. The summed E-state index contributed by atoms with van der Waals surface area (Å²) in [5.41, 5.74) is 1.40. The predicted molar refractivity (Wildman–Crippen MR) is 92.1 cm³/mol. The Labute approximate surface area is 136 Å². The monoisotopic (exact) mass is 330 g/mol. The number of benzene rings is 2. The van der Waals surface area contributed by atoms with Gasteiger partial charge in [0.1, 0.15) is 0 Å². The number of carbonyl (C=O) groups excluding carboxylic acids is 1. The van der Waals surface area contributed by atoms with E-state index in [1.807, 2.05) is 24.3 Å². The maximum Gasteiger partial charge on any atom is 0.239 e. The summed E-state index contributed by atoms with van der Waals surface area (Å²) in [5.74, 6) is -0.393. The number of nitrogens with one attached hydrogen (secondary N) is 1. The Hall–Kier alpha value is -2.44. The Morgan fingerprint density at radius 2 is 1.61 bits per heavy atom. The van der Waals surface area contributed by atoms with Gasteiger partial charge in [-0.15, -0.1) is 0 Å². The van der Waals surface area contributed by atoms with Gasteiger partial charge in [0.25, 0.3) is 0 Å². The van der Waals surface area contributed by atoms with Crippen LogP contribution in [0.4, 0.5) is 5.69 Å². The Kier molecular flexibility index (Phi) is 5.67. The average Bonchev–Trinajstić information content (AvgIpc) is 2.55. The van der Waals surface area contributed by atoms with E-state index in [0.717, 1.165) is 15.3 Å². The molecule has 0 bridgehead atoms. The molecular weight excluding hydrogens is 312 g/mol. The molecule has 0 heterocycles. The predicted octanol–water partition coefficient (Wildman–Crippen LogP) is 2.56. The maximum atomic E-state index is 12.2. The van der Waals surface area contributed by atoms with Crippen molar-refractivity contribution in [3.8, 4) is 0 Å². The third kappa shape index (κ3) is 5.36. The normalized spacial score (nSPS) is 11.7. The van der Waals surface area contributed by atoms with Crippen molar-refractivity contribution in [2.45, 2.75) is 0 Å². The van der Waals surface area contributed by atoms with Crippen molar-refractivity contribution in [2.75, 3.05) is 18.9 Å². The summed E-state index contributed by atoms with van der Waals surface area (Å²) in [6.07, 6.45) is 1.50. The smallest absolute Gasteiger partial charge is 0.239 e. The number of rotatable bonds is 6. The van der Waals surface area contributed by atoms with Gasteiger partial charge in [0.2, 0.25) is 15.9 Å². The SMILES string of the molecule is CN(CC(=O)Nc1ccccc1)S(=O)(=O)/C=C/c1ccccc1. The fourth-order valence-corrected chi connectivity index (χ4v) is 2.68. The van der Waals surface area contributed by atoms with Crippen LogP contribution in [0.5, 0.6) is 0 Å². The highest BCUT2D eigenvalue weighted by molar-refractivity contribution is 7.92. The number of sulfonamides is 1. The molecule has 0 radical (unpaired) electrons. The number of anilines is 1. The lowest BCUT2D eigenvalue weighted by molar-refractivity contribution is -0.116. The Bertz CT molecular complexity index is 772. The van der Waals surface area contributed by atoms with Crippen molar-refractivity contribution >= 4 is 27.7 Å². The largest absolute Gasteiger partial charge is 0.325 e. The molecule has 2 aromatic carbocycles. The third-order valence-corrected chi connectivity index (χ3v) is 4.57. The van der Waals surface area contributed by atoms with Gasteiger partial charge in [-0.25, -0.2) is 8.42 Å². The van der Waals surface area contributed by atoms with E-state index in [1.54, 1.807) is 36.4 Å². The summed E-state index contributed by atoms with van der Waals surface area (Å²) >= 11 is 0. The van der Waals surface area contributed by atoms with E-state index in [9.17, 15) is 13.2 Å². The van der Waals surface area contributed by atoms with E-state index in [4.69, 9.17) is 0 Å². The standard InChI is InChI=1S/C17H18N2O3S/c1-19(14-17(20)18-16-10-6-3-7-11-16)23(21,22)13-12-15-8-4-2-5-9-15/h2-13H,14H2,1H3,(H,18,20)/b13-12+. The number of likely N-dealkylation sites (N-methyl/N-ethyl adjacent to an activating group) is 1. The van der Waals surface area contributed by atoms with Gasteiger partial charge in [-0.3, -0.25) is 4.79 Å². The number of amides is 1. The number of para-hydroxylation sites is 1. The van der Waals surface area contributed by atoms with Gasteiger partial charge in [0, 0.05) is 18.1 Å². The van der Waals surface area contributed by atoms with Crippen molar-refractivity contribution in [3.05, 3.63) is 71.6 Å². The first-order chi connectivity index (χ1) is 11.0. The molecule has 0 unspecified atom stereocenters. The molecule has 23 heavy (non-hydrogen) atoms. The topological polar surface area (TPSA) is 66.5 Å². The van der Waals surface area contributed by atoms with Crippen molar-refractivity contribution in [1.29, 1.82) is 0 Å². The minimum absolute atomic E-state index is 0.254. The molecule has 120 valence electrons. The van der Waals surface area contributed by atoms with Crippen LogP contribution in [-0.2, 0) is 14.8 Å². The molecule has 0 saturated heterocycles. The lowest BCUT2D eigenvalue weighted by Gasteiger charge is -2.14. The zero-order chi connectivity index (χ0) is 16.7. The fraction of sp³-hybridized carbons (Fsp3) is 0.118. The van der Waals surface area contributed by atoms with Crippen LogP contribution in [0.15, 0.2) is 66.1 Å². The first kappa shape index (κ1) is 16.9. The second-order valence-corrected chi connectivity index (χ2v) is 6.85. The summed E-state index contributed by atoms with van der Waals surface area (Å²) in [4.78, 5) is 11.9. The summed E-state index contributed by atoms with van der Waals surface area (Å²) < 4.78 is 25.3. The summed E-state index contributed by atoms with van der Waals surface area (Å²) in [6.45, 7) is -0.254. The number of hydrogen-bond acceptors (Lipinski definition) is 3. The molecule has 2 rings (SSSR count). The highest BCUT2D eigenvalue weighted by Gasteiger charge is 2.17. The summed E-state index contributed by atoms with van der Waals surface area (Å²) in [5, 5.41) is 3.74. The van der Waals surface area contributed by atoms with Crippen LogP contribution < -0.4 is 5.32 Å². The van der Waals surface area contributed by atoms with Gasteiger partial charge >= 0.3 is 0 Å². The first-order valence-corrected chi connectivity index (χ1v) is 8.52. The molecule has 6 heteroatoms. The Morgan fingerprint density at radius 1 is 1.04 bits per heavy atom. The molecular formula is C17H18N2O3S. The molecule has 5 nitrogen and oxygen atoms in total. The van der Waals surface area contributed by atoms with Crippen molar-refractivity contribution in [1.82, 2.24) is 4.31 Å². The van der Waals surface area contributed by atoms with Gasteiger partial charge in [0.05, 0.1) is 6.54 Å². The van der Waals surface area contributed by atoms with E-state index >= 15 is 0 Å². The van der Waals surface area contributed by atoms with Crippen LogP contribution in [0.25, 0.3) is 6.08 Å². The van der Waals surface area contributed by atoms with E-state index < -0.39 is 15.9 Å². The molecule has 0 aliphatic rings. The van der Waals surface area contributed by atoms with Gasteiger partial charge in [-0.2, -0.15) is 4.31 Å². The zero-order valence-electron chi connectivity index (χ0n) is 12.7. The third-order valence-electron chi connectivity index (χ3n) is 3.09. The van der Waals surface area contributed by atoms with E-state index in [-0.39, 0.29) is 6.54 Å².